The molecule has 0 bridgehead atoms. The quantitative estimate of drug-likeness (QED) is 0.840. The summed E-state index contributed by atoms with van der Waals surface area (Å²) in [5.41, 5.74) is 0.351. The Morgan fingerprint density at radius 3 is 2.33 bits per heavy atom. The minimum Gasteiger partial charge on any atom is -0.347 e. The van der Waals surface area contributed by atoms with Gasteiger partial charge in [0.15, 0.2) is 0 Å². The second kappa shape index (κ2) is 5.45. The molecule has 1 amide bonds. The van der Waals surface area contributed by atoms with Crippen molar-refractivity contribution >= 4 is 29.1 Å². The highest BCUT2D eigenvalue weighted by atomic mass is 35.5. The van der Waals surface area contributed by atoms with Crippen molar-refractivity contribution in [2.75, 3.05) is 0 Å². The number of carbonyl (C=O) groups excluding carboxylic acids is 1. The Kier molecular flexibility index (Phi) is 4.13. The van der Waals surface area contributed by atoms with Crippen LogP contribution in [0.15, 0.2) is 12.1 Å². The zero-order chi connectivity index (χ0) is 13.2. The van der Waals surface area contributed by atoms with Crippen molar-refractivity contribution in [3.05, 3.63) is 28.0 Å². The Hall–Kier alpha value is -0.800. The SMILES string of the molecule is CC1(NC(=O)c2cc(Cl)nc(Cl)c2)CCCCC1. The van der Waals surface area contributed by atoms with Crippen LogP contribution in [0.25, 0.3) is 0 Å². The lowest BCUT2D eigenvalue weighted by molar-refractivity contribution is 0.0882. The molecule has 0 saturated heterocycles. The largest absolute Gasteiger partial charge is 0.347 e. The first-order chi connectivity index (χ1) is 8.48. The lowest BCUT2D eigenvalue weighted by atomic mass is 9.83. The van der Waals surface area contributed by atoms with Gasteiger partial charge < -0.3 is 5.32 Å². The molecule has 1 aromatic rings. The number of hydrogen-bond donors (Lipinski definition) is 1. The zero-order valence-electron chi connectivity index (χ0n) is 10.3. The van der Waals surface area contributed by atoms with Gasteiger partial charge in [0.25, 0.3) is 5.91 Å². The Balaban J connectivity index is 2.11. The summed E-state index contributed by atoms with van der Waals surface area (Å²) in [7, 11) is 0. The standard InChI is InChI=1S/C13H16Cl2N2O/c1-13(5-3-2-4-6-13)17-12(18)9-7-10(14)16-11(15)8-9/h7-8H,2-6H2,1H3,(H,17,18). The van der Waals surface area contributed by atoms with Crippen LogP contribution in [0.3, 0.4) is 0 Å². The number of aromatic nitrogens is 1. The number of amides is 1. The van der Waals surface area contributed by atoms with Gasteiger partial charge in [-0.15, -0.1) is 0 Å². The summed E-state index contributed by atoms with van der Waals surface area (Å²) in [6.07, 6.45) is 5.61. The fourth-order valence-electron chi connectivity index (χ4n) is 2.40. The molecule has 5 heteroatoms. The molecule has 1 N–H and O–H groups in total. The Labute approximate surface area is 117 Å². The summed E-state index contributed by atoms with van der Waals surface area (Å²) in [5, 5.41) is 3.56. The fraction of sp³-hybridized carbons (Fsp3) is 0.538. The second-order valence-electron chi connectivity index (χ2n) is 5.08. The van der Waals surface area contributed by atoms with E-state index in [-0.39, 0.29) is 21.8 Å². The average Bonchev–Trinajstić information content (AvgIpc) is 2.28. The van der Waals surface area contributed by atoms with Crippen molar-refractivity contribution < 1.29 is 4.79 Å². The first-order valence-electron chi connectivity index (χ1n) is 6.14. The zero-order valence-corrected chi connectivity index (χ0v) is 11.8. The van der Waals surface area contributed by atoms with Gasteiger partial charge in [0.05, 0.1) is 0 Å². The van der Waals surface area contributed by atoms with Crippen LogP contribution in [-0.4, -0.2) is 16.4 Å². The summed E-state index contributed by atoms with van der Waals surface area (Å²) in [4.78, 5) is 16.0. The van der Waals surface area contributed by atoms with Gasteiger partial charge in [-0.3, -0.25) is 4.79 Å². The summed E-state index contributed by atoms with van der Waals surface area (Å²) in [6.45, 7) is 2.09. The van der Waals surface area contributed by atoms with Gasteiger partial charge in [-0.25, -0.2) is 4.98 Å². The summed E-state index contributed by atoms with van der Waals surface area (Å²) in [5.74, 6) is -0.134. The minimum atomic E-state index is -0.134. The first kappa shape index (κ1) is 13.6. The summed E-state index contributed by atoms with van der Waals surface area (Å²) in [6, 6.07) is 3.07. The molecule has 98 valence electrons. The first-order valence-corrected chi connectivity index (χ1v) is 6.90. The second-order valence-corrected chi connectivity index (χ2v) is 5.85. The van der Waals surface area contributed by atoms with E-state index in [1.807, 2.05) is 0 Å². The van der Waals surface area contributed by atoms with Gasteiger partial charge in [0, 0.05) is 11.1 Å². The van der Waals surface area contributed by atoms with E-state index >= 15 is 0 Å². The number of nitrogens with zero attached hydrogens (tertiary/aromatic N) is 1. The molecule has 1 aliphatic rings. The third kappa shape index (κ3) is 3.36. The lowest BCUT2D eigenvalue weighted by Gasteiger charge is -2.34. The van der Waals surface area contributed by atoms with Gasteiger partial charge in [-0.05, 0) is 31.9 Å². The predicted molar refractivity (Wildman–Crippen MR) is 73.2 cm³/mol. The van der Waals surface area contributed by atoms with E-state index in [4.69, 9.17) is 23.2 Å². The van der Waals surface area contributed by atoms with E-state index in [1.54, 1.807) is 0 Å². The highest BCUT2D eigenvalue weighted by molar-refractivity contribution is 6.33. The van der Waals surface area contributed by atoms with Crippen LogP contribution in [0.1, 0.15) is 49.4 Å². The van der Waals surface area contributed by atoms with Crippen molar-refractivity contribution in [1.82, 2.24) is 10.3 Å². The van der Waals surface area contributed by atoms with Crippen LogP contribution in [0, 0.1) is 0 Å². The van der Waals surface area contributed by atoms with E-state index in [1.165, 1.54) is 18.6 Å². The number of nitrogens with one attached hydrogen (secondary N) is 1. The summed E-state index contributed by atoms with van der Waals surface area (Å²) >= 11 is 11.6. The van der Waals surface area contributed by atoms with Gasteiger partial charge in [-0.2, -0.15) is 0 Å². The van der Waals surface area contributed by atoms with E-state index in [2.05, 4.69) is 17.2 Å². The third-order valence-electron chi connectivity index (χ3n) is 3.40. The molecular formula is C13H16Cl2N2O. The molecular weight excluding hydrogens is 271 g/mol. The number of halogens is 2. The fourth-order valence-corrected chi connectivity index (χ4v) is 2.86. The molecule has 0 unspecified atom stereocenters. The summed E-state index contributed by atoms with van der Waals surface area (Å²) < 4.78 is 0. The van der Waals surface area contributed by atoms with E-state index < -0.39 is 0 Å². The maximum Gasteiger partial charge on any atom is 0.251 e. The molecule has 1 saturated carbocycles. The average molecular weight is 287 g/mol. The molecule has 0 aliphatic heterocycles. The maximum atomic E-state index is 12.2. The van der Waals surface area contributed by atoms with Crippen LogP contribution >= 0.6 is 23.2 Å². The molecule has 0 atom stereocenters. The number of rotatable bonds is 2. The van der Waals surface area contributed by atoms with Crippen molar-refractivity contribution in [3.8, 4) is 0 Å². The van der Waals surface area contributed by atoms with E-state index in [0.717, 1.165) is 25.7 Å². The highest BCUT2D eigenvalue weighted by Gasteiger charge is 2.28. The molecule has 1 heterocycles. The Morgan fingerprint density at radius 2 is 1.78 bits per heavy atom. The molecule has 3 nitrogen and oxygen atoms in total. The van der Waals surface area contributed by atoms with E-state index in [0.29, 0.717) is 5.56 Å². The monoisotopic (exact) mass is 286 g/mol. The van der Waals surface area contributed by atoms with Crippen molar-refractivity contribution in [2.45, 2.75) is 44.6 Å². The number of pyridine rings is 1. The maximum absolute atomic E-state index is 12.2. The molecule has 1 aromatic heterocycles. The van der Waals surface area contributed by atoms with Crippen molar-refractivity contribution in [1.29, 1.82) is 0 Å². The van der Waals surface area contributed by atoms with Crippen LogP contribution < -0.4 is 5.32 Å². The minimum absolute atomic E-state index is 0.114. The van der Waals surface area contributed by atoms with E-state index in [9.17, 15) is 4.79 Å². The van der Waals surface area contributed by atoms with Gasteiger partial charge in [0.1, 0.15) is 10.3 Å². The van der Waals surface area contributed by atoms with Gasteiger partial charge >= 0.3 is 0 Å². The third-order valence-corrected chi connectivity index (χ3v) is 3.78. The van der Waals surface area contributed by atoms with Crippen LogP contribution in [-0.2, 0) is 0 Å². The normalized spacial score (nSPS) is 18.4. The van der Waals surface area contributed by atoms with Crippen LogP contribution in [0.4, 0.5) is 0 Å². The molecule has 2 rings (SSSR count). The topological polar surface area (TPSA) is 42.0 Å². The molecule has 1 aliphatic carbocycles. The predicted octanol–water partition coefficient (Wildman–Crippen LogP) is 3.84. The molecule has 0 radical (unpaired) electrons. The Bertz CT molecular complexity index is 436. The molecule has 0 spiro atoms. The Morgan fingerprint density at radius 1 is 1.22 bits per heavy atom. The van der Waals surface area contributed by atoms with Crippen molar-refractivity contribution in [2.24, 2.45) is 0 Å². The van der Waals surface area contributed by atoms with Crippen LogP contribution in [0.5, 0.6) is 0 Å². The molecule has 18 heavy (non-hydrogen) atoms. The molecule has 1 fully saturated rings. The number of carbonyl (C=O) groups is 1. The van der Waals surface area contributed by atoms with Crippen LogP contribution in [0.2, 0.25) is 10.3 Å². The van der Waals surface area contributed by atoms with Gasteiger partial charge in [0.2, 0.25) is 0 Å². The van der Waals surface area contributed by atoms with Gasteiger partial charge in [-0.1, -0.05) is 42.5 Å². The number of hydrogen-bond acceptors (Lipinski definition) is 2. The smallest absolute Gasteiger partial charge is 0.251 e. The highest BCUT2D eigenvalue weighted by Crippen LogP contribution is 2.28. The lowest BCUT2D eigenvalue weighted by Crippen LogP contribution is -2.47. The molecule has 0 aromatic carbocycles. The van der Waals surface area contributed by atoms with Crippen molar-refractivity contribution in [3.63, 3.8) is 0 Å².